The second-order valence-electron chi connectivity index (χ2n) is 5.52. The number of nitrogens with one attached hydrogen (secondary N) is 1. The van der Waals surface area contributed by atoms with Gasteiger partial charge in [0, 0.05) is 17.6 Å². The van der Waals surface area contributed by atoms with E-state index in [1.807, 2.05) is 12.1 Å². The molecule has 1 aromatic rings. The standard InChI is InChI=1S/C16H24BrN3O/c1-3-20(4-2)10-9-19-16(15(18)21)8-7-12-11-13(17)5-6-14(12)16/h5-6,11,19H,3-4,7-10H2,1-2H3,(H2,18,21). The lowest BCUT2D eigenvalue weighted by atomic mass is 9.91. The van der Waals surface area contributed by atoms with Gasteiger partial charge in [0.25, 0.3) is 0 Å². The van der Waals surface area contributed by atoms with Crippen LogP contribution in [-0.2, 0) is 16.8 Å². The largest absolute Gasteiger partial charge is 0.368 e. The Hall–Kier alpha value is -0.910. The number of hydrogen-bond donors (Lipinski definition) is 2. The molecule has 1 amide bonds. The number of likely N-dealkylation sites (N-methyl/N-ethyl adjacent to an activating group) is 1. The van der Waals surface area contributed by atoms with Gasteiger partial charge in [-0.15, -0.1) is 0 Å². The van der Waals surface area contributed by atoms with Gasteiger partial charge in [-0.25, -0.2) is 0 Å². The number of carbonyl (C=O) groups is 1. The number of primary amides is 1. The van der Waals surface area contributed by atoms with Crippen molar-refractivity contribution in [2.24, 2.45) is 5.73 Å². The van der Waals surface area contributed by atoms with Crippen LogP contribution in [-0.4, -0.2) is 37.0 Å². The summed E-state index contributed by atoms with van der Waals surface area (Å²) in [6.07, 6.45) is 1.63. The maximum absolute atomic E-state index is 12.1. The third-order valence-corrected chi connectivity index (χ3v) is 4.96. The fourth-order valence-electron chi connectivity index (χ4n) is 3.14. The number of rotatable bonds is 7. The van der Waals surface area contributed by atoms with Gasteiger partial charge in [-0.3, -0.25) is 10.1 Å². The van der Waals surface area contributed by atoms with Crippen molar-refractivity contribution < 1.29 is 4.79 Å². The van der Waals surface area contributed by atoms with E-state index in [9.17, 15) is 4.79 Å². The summed E-state index contributed by atoms with van der Waals surface area (Å²) in [6, 6.07) is 6.08. The molecule has 0 saturated carbocycles. The highest BCUT2D eigenvalue weighted by Gasteiger charge is 2.43. The molecule has 0 fully saturated rings. The molecule has 21 heavy (non-hydrogen) atoms. The van der Waals surface area contributed by atoms with Crippen LogP contribution < -0.4 is 11.1 Å². The maximum atomic E-state index is 12.1. The minimum absolute atomic E-state index is 0.275. The molecule has 2 rings (SSSR count). The van der Waals surface area contributed by atoms with Gasteiger partial charge in [-0.1, -0.05) is 35.8 Å². The van der Waals surface area contributed by atoms with E-state index in [1.165, 1.54) is 5.56 Å². The highest BCUT2D eigenvalue weighted by atomic mass is 79.9. The summed E-state index contributed by atoms with van der Waals surface area (Å²) in [4.78, 5) is 14.5. The topological polar surface area (TPSA) is 58.4 Å². The van der Waals surface area contributed by atoms with Crippen molar-refractivity contribution in [3.05, 3.63) is 33.8 Å². The molecule has 4 nitrogen and oxygen atoms in total. The Morgan fingerprint density at radius 2 is 2.14 bits per heavy atom. The van der Waals surface area contributed by atoms with E-state index in [0.717, 1.165) is 49.1 Å². The first kappa shape index (κ1) is 16.5. The maximum Gasteiger partial charge on any atom is 0.242 e. The molecule has 116 valence electrons. The van der Waals surface area contributed by atoms with Gasteiger partial charge in [0.15, 0.2) is 0 Å². The molecule has 5 heteroatoms. The highest BCUT2D eigenvalue weighted by Crippen LogP contribution is 2.38. The van der Waals surface area contributed by atoms with E-state index in [-0.39, 0.29) is 5.91 Å². The molecule has 1 aliphatic rings. The van der Waals surface area contributed by atoms with Crippen LogP contribution in [0.2, 0.25) is 0 Å². The number of fused-ring (bicyclic) bond motifs is 1. The zero-order valence-corrected chi connectivity index (χ0v) is 14.4. The van der Waals surface area contributed by atoms with Gasteiger partial charge in [-0.05, 0) is 49.2 Å². The third kappa shape index (κ3) is 3.30. The minimum Gasteiger partial charge on any atom is -0.368 e. The van der Waals surface area contributed by atoms with Crippen molar-refractivity contribution in [1.82, 2.24) is 10.2 Å². The molecule has 0 saturated heterocycles. The number of hydrogen-bond acceptors (Lipinski definition) is 3. The van der Waals surface area contributed by atoms with Gasteiger partial charge in [0.05, 0.1) is 0 Å². The molecule has 0 bridgehead atoms. The van der Waals surface area contributed by atoms with Crippen LogP contribution in [0.15, 0.2) is 22.7 Å². The number of amides is 1. The Morgan fingerprint density at radius 3 is 2.76 bits per heavy atom. The average molecular weight is 354 g/mol. The zero-order chi connectivity index (χ0) is 15.5. The Bertz CT molecular complexity index is 516. The molecule has 0 radical (unpaired) electrons. The number of nitrogens with two attached hydrogens (primary N) is 1. The fourth-order valence-corrected chi connectivity index (χ4v) is 3.54. The van der Waals surface area contributed by atoms with E-state index in [2.05, 4.69) is 46.1 Å². The molecular formula is C16H24BrN3O. The quantitative estimate of drug-likeness (QED) is 0.788. The van der Waals surface area contributed by atoms with Gasteiger partial charge >= 0.3 is 0 Å². The smallest absolute Gasteiger partial charge is 0.242 e. The Morgan fingerprint density at radius 1 is 1.43 bits per heavy atom. The Labute approximate surface area is 135 Å². The van der Waals surface area contributed by atoms with Gasteiger partial charge in [-0.2, -0.15) is 0 Å². The monoisotopic (exact) mass is 353 g/mol. The van der Waals surface area contributed by atoms with Crippen LogP contribution >= 0.6 is 15.9 Å². The average Bonchev–Trinajstić information content (AvgIpc) is 2.83. The predicted octanol–water partition coefficient (Wildman–Crippen LogP) is 2.01. The molecule has 0 spiro atoms. The molecule has 3 N–H and O–H groups in total. The summed E-state index contributed by atoms with van der Waals surface area (Å²) in [5, 5.41) is 3.44. The summed E-state index contributed by atoms with van der Waals surface area (Å²) in [5.74, 6) is -0.275. The van der Waals surface area contributed by atoms with Crippen LogP contribution in [0.3, 0.4) is 0 Å². The number of aryl methyl sites for hydroxylation is 1. The first-order valence-corrected chi connectivity index (χ1v) is 8.39. The molecule has 0 heterocycles. The molecule has 1 aromatic carbocycles. The lowest BCUT2D eigenvalue weighted by molar-refractivity contribution is -0.124. The second kappa shape index (κ2) is 6.90. The number of nitrogens with zero attached hydrogens (tertiary/aromatic N) is 1. The summed E-state index contributed by atoms with van der Waals surface area (Å²) in [6.45, 7) is 8.02. The summed E-state index contributed by atoms with van der Waals surface area (Å²) in [5.41, 5.74) is 7.28. The summed E-state index contributed by atoms with van der Waals surface area (Å²) in [7, 11) is 0. The zero-order valence-electron chi connectivity index (χ0n) is 12.8. The fraction of sp³-hybridized carbons (Fsp3) is 0.562. The van der Waals surface area contributed by atoms with Crippen LogP contribution in [0, 0.1) is 0 Å². The second-order valence-corrected chi connectivity index (χ2v) is 6.44. The lowest BCUT2D eigenvalue weighted by Crippen LogP contribution is -2.53. The first-order chi connectivity index (χ1) is 10.0. The van der Waals surface area contributed by atoms with Crippen molar-refractivity contribution in [3.8, 4) is 0 Å². The minimum atomic E-state index is -0.705. The van der Waals surface area contributed by atoms with Crippen LogP contribution in [0.4, 0.5) is 0 Å². The number of benzene rings is 1. The molecule has 1 atom stereocenters. The lowest BCUT2D eigenvalue weighted by Gasteiger charge is -2.30. The van der Waals surface area contributed by atoms with E-state index >= 15 is 0 Å². The predicted molar refractivity (Wildman–Crippen MR) is 89.1 cm³/mol. The Balaban J connectivity index is 2.15. The van der Waals surface area contributed by atoms with Crippen molar-refractivity contribution in [3.63, 3.8) is 0 Å². The van der Waals surface area contributed by atoms with E-state index < -0.39 is 5.54 Å². The summed E-state index contributed by atoms with van der Waals surface area (Å²) >= 11 is 3.49. The van der Waals surface area contributed by atoms with Crippen molar-refractivity contribution >= 4 is 21.8 Å². The summed E-state index contributed by atoms with van der Waals surface area (Å²) < 4.78 is 1.05. The Kier molecular flexibility index (Phi) is 5.41. The highest BCUT2D eigenvalue weighted by molar-refractivity contribution is 9.10. The van der Waals surface area contributed by atoms with Crippen LogP contribution in [0.1, 0.15) is 31.4 Å². The number of halogens is 1. The molecule has 0 aromatic heterocycles. The van der Waals surface area contributed by atoms with Crippen molar-refractivity contribution in [2.75, 3.05) is 26.2 Å². The molecule has 1 unspecified atom stereocenters. The van der Waals surface area contributed by atoms with Gasteiger partial charge in [0.2, 0.25) is 5.91 Å². The van der Waals surface area contributed by atoms with Gasteiger partial charge in [0.1, 0.15) is 5.54 Å². The van der Waals surface area contributed by atoms with Gasteiger partial charge < -0.3 is 10.6 Å². The first-order valence-electron chi connectivity index (χ1n) is 7.59. The normalized spacial score (nSPS) is 20.8. The van der Waals surface area contributed by atoms with E-state index in [4.69, 9.17) is 5.73 Å². The van der Waals surface area contributed by atoms with Crippen LogP contribution in [0.5, 0.6) is 0 Å². The van der Waals surface area contributed by atoms with E-state index in [1.54, 1.807) is 0 Å². The SMILES string of the molecule is CCN(CC)CCNC1(C(N)=O)CCc2cc(Br)ccc21. The molecular weight excluding hydrogens is 330 g/mol. The molecule has 0 aliphatic heterocycles. The third-order valence-electron chi connectivity index (χ3n) is 4.47. The molecule has 1 aliphatic carbocycles. The van der Waals surface area contributed by atoms with E-state index in [0.29, 0.717) is 0 Å². The number of carbonyl (C=O) groups excluding carboxylic acids is 1. The van der Waals surface area contributed by atoms with Crippen molar-refractivity contribution in [1.29, 1.82) is 0 Å². The van der Waals surface area contributed by atoms with Crippen LogP contribution in [0.25, 0.3) is 0 Å². The van der Waals surface area contributed by atoms with Crippen molar-refractivity contribution in [2.45, 2.75) is 32.2 Å².